The minimum atomic E-state index is 0.706. The van der Waals surface area contributed by atoms with Gasteiger partial charge in [0, 0.05) is 6.42 Å². The molecule has 0 aromatic carbocycles. The van der Waals surface area contributed by atoms with E-state index < -0.39 is 0 Å². The maximum Gasteiger partial charge on any atom is 0.120 e. The lowest BCUT2D eigenvalue weighted by Gasteiger charge is -2.02. The van der Waals surface area contributed by atoms with Crippen molar-refractivity contribution in [2.24, 2.45) is 0 Å². The highest BCUT2D eigenvalue weighted by Crippen LogP contribution is 2.12. The number of unbranched alkanes of at least 4 members (excludes halogenated alkanes) is 13. The summed E-state index contributed by atoms with van der Waals surface area (Å²) in [5.41, 5.74) is 0. The number of hydrogen-bond acceptors (Lipinski definition) is 1. The molecule has 0 rings (SSSR count). The van der Waals surface area contributed by atoms with Crippen LogP contribution >= 0.6 is 0 Å². The number of hydrogen-bond donors (Lipinski definition) is 0. The Bertz CT molecular complexity index is 142. The first kappa shape index (κ1) is 16.7. The van der Waals surface area contributed by atoms with E-state index in [1.807, 2.05) is 0 Å². The second kappa shape index (κ2) is 15.7. The lowest BCUT2D eigenvalue weighted by Crippen LogP contribution is -1.83. The van der Waals surface area contributed by atoms with Gasteiger partial charge in [0.15, 0.2) is 0 Å². The molecule has 0 fully saturated rings. The van der Waals surface area contributed by atoms with Crippen LogP contribution in [0, 0.1) is 6.42 Å². The van der Waals surface area contributed by atoms with E-state index in [1.54, 1.807) is 0 Å². The van der Waals surface area contributed by atoms with Gasteiger partial charge in [0.2, 0.25) is 0 Å². The summed E-state index contributed by atoms with van der Waals surface area (Å²) < 4.78 is 0. The van der Waals surface area contributed by atoms with Crippen LogP contribution in [0.2, 0.25) is 0 Å². The van der Waals surface area contributed by atoms with E-state index in [2.05, 4.69) is 13.3 Å². The van der Waals surface area contributed by atoms with Crippen LogP contribution in [0.4, 0.5) is 0 Å². The average molecular weight is 239 g/mol. The molecule has 1 heteroatoms. The van der Waals surface area contributed by atoms with Crippen LogP contribution in [0.15, 0.2) is 0 Å². The van der Waals surface area contributed by atoms with Gasteiger partial charge in [-0.2, -0.15) is 0 Å². The van der Waals surface area contributed by atoms with Gasteiger partial charge >= 0.3 is 0 Å². The van der Waals surface area contributed by atoms with Crippen molar-refractivity contribution in [3.8, 4) is 0 Å². The molecule has 0 saturated carbocycles. The molecule has 17 heavy (non-hydrogen) atoms. The van der Waals surface area contributed by atoms with Crippen LogP contribution in [0.25, 0.3) is 0 Å². The fraction of sp³-hybridized carbons (Fsp3) is 0.875. The molecule has 0 aliphatic carbocycles. The van der Waals surface area contributed by atoms with E-state index >= 15 is 0 Å². The second-order valence-electron chi connectivity index (χ2n) is 5.00. The third-order valence-corrected chi connectivity index (χ3v) is 3.25. The normalized spacial score (nSPS) is 10.6. The number of rotatable bonds is 14. The van der Waals surface area contributed by atoms with Crippen LogP contribution in [-0.4, -0.2) is 6.29 Å². The van der Waals surface area contributed by atoms with Crippen LogP contribution < -0.4 is 0 Å². The van der Waals surface area contributed by atoms with E-state index in [-0.39, 0.29) is 0 Å². The van der Waals surface area contributed by atoms with Gasteiger partial charge in [0.1, 0.15) is 6.29 Å². The zero-order valence-electron chi connectivity index (χ0n) is 11.8. The fourth-order valence-electron chi connectivity index (χ4n) is 2.11. The van der Waals surface area contributed by atoms with Gasteiger partial charge in [-0.25, -0.2) is 0 Å². The topological polar surface area (TPSA) is 17.1 Å². The predicted molar refractivity (Wildman–Crippen MR) is 76.1 cm³/mol. The molecular formula is C16H31O. The Morgan fingerprint density at radius 1 is 0.647 bits per heavy atom. The van der Waals surface area contributed by atoms with Gasteiger partial charge in [-0.1, -0.05) is 77.6 Å². The molecule has 0 unspecified atom stereocenters. The van der Waals surface area contributed by atoms with Crippen LogP contribution in [-0.2, 0) is 4.79 Å². The predicted octanol–water partition coefficient (Wildman–Crippen LogP) is 5.48. The summed E-state index contributed by atoms with van der Waals surface area (Å²) in [7, 11) is 0. The fourth-order valence-corrected chi connectivity index (χ4v) is 2.11. The molecule has 0 aliphatic heterocycles. The molecule has 101 valence electrons. The number of aldehydes is 1. The molecule has 0 bridgehead atoms. The maximum atomic E-state index is 10.1. The number of carbonyl (C=O) groups excluding carboxylic acids is 1. The molecule has 1 radical (unpaired) electrons. The van der Waals surface area contributed by atoms with Gasteiger partial charge in [-0.05, 0) is 12.8 Å². The zero-order chi connectivity index (χ0) is 12.6. The van der Waals surface area contributed by atoms with Gasteiger partial charge in [-0.3, -0.25) is 0 Å². The first-order chi connectivity index (χ1) is 8.41. The number of carbonyl (C=O) groups is 1. The van der Waals surface area contributed by atoms with Crippen LogP contribution in [0.5, 0.6) is 0 Å². The standard InChI is InChI=1S/C16H31O/c1-2-3-4-5-6-7-8-9-10-11-12-13-14-15-16-17/h13,16H,2-12,14-15H2,1H3. The second-order valence-corrected chi connectivity index (χ2v) is 5.00. The lowest BCUT2D eigenvalue weighted by atomic mass is 10.0. The van der Waals surface area contributed by atoms with Gasteiger partial charge < -0.3 is 4.79 Å². The van der Waals surface area contributed by atoms with Crippen molar-refractivity contribution in [2.75, 3.05) is 0 Å². The molecule has 0 amide bonds. The monoisotopic (exact) mass is 239 g/mol. The molecule has 0 aromatic rings. The Balaban J connectivity index is 2.87. The molecule has 0 heterocycles. The Hall–Kier alpha value is -0.330. The summed E-state index contributed by atoms with van der Waals surface area (Å²) in [6, 6.07) is 0. The third kappa shape index (κ3) is 15.7. The van der Waals surface area contributed by atoms with E-state index in [0.717, 1.165) is 12.7 Å². The molecule has 0 aliphatic rings. The van der Waals surface area contributed by atoms with Gasteiger partial charge in [0.25, 0.3) is 0 Å². The van der Waals surface area contributed by atoms with Crippen LogP contribution in [0.1, 0.15) is 90.4 Å². The first-order valence-electron chi connectivity index (χ1n) is 7.67. The maximum absolute atomic E-state index is 10.1. The molecule has 0 atom stereocenters. The summed E-state index contributed by atoms with van der Waals surface area (Å²) in [6.45, 7) is 2.27. The van der Waals surface area contributed by atoms with Crippen molar-refractivity contribution in [2.45, 2.75) is 90.4 Å². The minimum Gasteiger partial charge on any atom is -0.303 e. The molecule has 0 spiro atoms. The minimum absolute atomic E-state index is 0.706. The summed E-state index contributed by atoms with van der Waals surface area (Å²) in [5, 5.41) is 0. The van der Waals surface area contributed by atoms with Crippen LogP contribution in [0.3, 0.4) is 0 Å². The average Bonchev–Trinajstić information content (AvgIpc) is 2.35. The first-order valence-corrected chi connectivity index (χ1v) is 7.67. The third-order valence-electron chi connectivity index (χ3n) is 3.25. The molecular weight excluding hydrogens is 208 g/mol. The zero-order valence-corrected chi connectivity index (χ0v) is 11.8. The summed E-state index contributed by atoms with van der Waals surface area (Å²) >= 11 is 0. The van der Waals surface area contributed by atoms with E-state index in [9.17, 15) is 4.79 Å². The van der Waals surface area contributed by atoms with Crippen molar-refractivity contribution in [1.29, 1.82) is 0 Å². The Morgan fingerprint density at radius 2 is 1.18 bits per heavy atom. The van der Waals surface area contributed by atoms with Crippen molar-refractivity contribution in [3.63, 3.8) is 0 Å². The summed E-state index contributed by atoms with van der Waals surface area (Å²) in [5.74, 6) is 0. The van der Waals surface area contributed by atoms with E-state index in [0.29, 0.717) is 6.42 Å². The quantitative estimate of drug-likeness (QED) is 0.290. The highest BCUT2D eigenvalue weighted by Gasteiger charge is 1.93. The van der Waals surface area contributed by atoms with Crippen molar-refractivity contribution >= 4 is 6.29 Å². The largest absolute Gasteiger partial charge is 0.303 e. The smallest absolute Gasteiger partial charge is 0.120 e. The SMILES string of the molecule is CCCCCCCCCCCC[CH]CCC=O. The summed E-state index contributed by atoms with van der Waals surface area (Å²) in [6.07, 6.45) is 20.1. The Morgan fingerprint density at radius 3 is 1.71 bits per heavy atom. The van der Waals surface area contributed by atoms with Crippen molar-refractivity contribution in [1.82, 2.24) is 0 Å². The summed E-state index contributed by atoms with van der Waals surface area (Å²) in [4.78, 5) is 10.1. The van der Waals surface area contributed by atoms with E-state index in [4.69, 9.17) is 0 Å². The molecule has 1 nitrogen and oxygen atoms in total. The highest BCUT2D eigenvalue weighted by atomic mass is 16.1. The lowest BCUT2D eigenvalue weighted by molar-refractivity contribution is -0.107. The van der Waals surface area contributed by atoms with Crippen molar-refractivity contribution in [3.05, 3.63) is 6.42 Å². The van der Waals surface area contributed by atoms with Gasteiger partial charge in [0.05, 0.1) is 0 Å². The molecule has 0 aromatic heterocycles. The van der Waals surface area contributed by atoms with Crippen molar-refractivity contribution < 1.29 is 4.79 Å². The molecule has 0 N–H and O–H groups in total. The highest BCUT2D eigenvalue weighted by molar-refractivity contribution is 5.49. The Labute approximate surface area is 108 Å². The van der Waals surface area contributed by atoms with Gasteiger partial charge in [-0.15, -0.1) is 0 Å². The Kier molecular flexibility index (Phi) is 15.4. The molecule has 0 saturated heterocycles. The van der Waals surface area contributed by atoms with E-state index in [1.165, 1.54) is 70.6 Å².